The lowest BCUT2D eigenvalue weighted by Crippen LogP contribution is -2.05. The summed E-state index contributed by atoms with van der Waals surface area (Å²) < 4.78 is 52.9. The van der Waals surface area contributed by atoms with Gasteiger partial charge in [0, 0.05) is 0 Å². The Morgan fingerprint density at radius 3 is 2.14 bits per heavy atom. The minimum absolute atomic E-state index is 0.0939. The fraction of sp³-hybridized carbons (Fsp3) is 0.143. The summed E-state index contributed by atoms with van der Waals surface area (Å²) >= 11 is 5.47. The van der Waals surface area contributed by atoms with E-state index in [2.05, 4.69) is 36.6 Å². The van der Waals surface area contributed by atoms with Crippen LogP contribution in [0.4, 0.5) is 17.6 Å². The van der Waals surface area contributed by atoms with Crippen molar-refractivity contribution in [2.75, 3.05) is 0 Å². The Morgan fingerprint density at radius 2 is 1.64 bits per heavy atom. The van der Waals surface area contributed by atoms with Gasteiger partial charge in [-0.1, -0.05) is 0 Å². The van der Waals surface area contributed by atoms with E-state index in [0.717, 1.165) is 6.07 Å². The Bertz CT molecular complexity index is 356. The first-order chi connectivity index (χ1) is 6.43. The lowest BCUT2D eigenvalue weighted by atomic mass is 10.3. The monoisotopic (exact) mass is 336 g/mol. The highest BCUT2D eigenvalue weighted by molar-refractivity contribution is 9.11. The van der Waals surface area contributed by atoms with Crippen LogP contribution in [0.1, 0.15) is 0 Å². The van der Waals surface area contributed by atoms with Crippen LogP contribution >= 0.6 is 31.9 Å². The highest BCUT2D eigenvalue weighted by atomic mass is 79.9. The number of hydrogen-bond acceptors (Lipinski definition) is 1. The van der Waals surface area contributed by atoms with E-state index in [-0.39, 0.29) is 8.95 Å². The van der Waals surface area contributed by atoms with E-state index in [1.807, 2.05) is 0 Å². The van der Waals surface area contributed by atoms with Crippen LogP contribution in [0, 0.1) is 11.6 Å². The van der Waals surface area contributed by atoms with Gasteiger partial charge in [0.25, 0.3) is 0 Å². The Hall–Kier alpha value is -0.300. The quantitative estimate of drug-likeness (QED) is 0.448. The third kappa shape index (κ3) is 2.38. The van der Waals surface area contributed by atoms with Crippen molar-refractivity contribution in [3.63, 3.8) is 0 Å². The van der Waals surface area contributed by atoms with Gasteiger partial charge in [-0.25, -0.2) is 4.39 Å². The zero-order valence-electron chi connectivity index (χ0n) is 6.33. The van der Waals surface area contributed by atoms with Gasteiger partial charge < -0.3 is 4.74 Å². The predicted octanol–water partition coefficient (Wildman–Crippen LogP) is 4.09. The summed E-state index contributed by atoms with van der Waals surface area (Å²) in [6.45, 7) is -3.21. The molecule has 0 aliphatic carbocycles. The van der Waals surface area contributed by atoms with Crippen molar-refractivity contribution in [3.05, 3.63) is 26.6 Å². The van der Waals surface area contributed by atoms with E-state index in [0.29, 0.717) is 0 Å². The molecule has 0 atom stereocenters. The topological polar surface area (TPSA) is 9.23 Å². The fourth-order valence-corrected chi connectivity index (χ4v) is 1.95. The molecule has 1 rings (SSSR count). The van der Waals surface area contributed by atoms with Crippen molar-refractivity contribution in [2.45, 2.75) is 6.61 Å². The van der Waals surface area contributed by atoms with E-state index in [1.54, 1.807) is 0 Å². The van der Waals surface area contributed by atoms with E-state index in [9.17, 15) is 17.6 Å². The van der Waals surface area contributed by atoms with E-state index in [1.165, 1.54) is 0 Å². The third-order valence-corrected chi connectivity index (χ3v) is 2.45. The van der Waals surface area contributed by atoms with Crippen LogP contribution in [0.5, 0.6) is 5.75 Å². The summed E-state index contributed by atoms with van der Waals surface area (Å²) in [5.74, 6) is -3.59. The number of hydrogen-bond donors (Lipinski definition) is 0. The van der Waals surface area contributed by atoms with E-state index < -0.39 is 24.0 Å². The standard InChI is InChI=1S/C7H2Br2F4O/c8-2-1-3(9)6(14-7(12)13)5(11)4(2)10/h1,7H. The minimum atomic E-state index is -3.21. The molecule has 0 fully saturated rings. The molecule has 78 valence electrons. The molecule has 0 bridgehead atoms. The van der Waals surface area contributed by atoms with Crippen molar-refractivity contribution < 1.29 is 22.3 Å². The first kappa shape index (κ1) is 11.8. The van der Waals surface area contributed by atoms with Crippen LogP contribution in [0.15, 0.2) is 15.0 Å². The molecule has 0 aliphatic rings. The SMILES string of the molecule is Fc1c(Br)cc(Br)c(OC(F)F)c1F. The van der Waals surface area contributed by atoms with Gasteiger partial charge in [-0.15, -0.1) is 0 Å². The van der Waals surface area contributed by atoms with Gasteiger partial charge in [0.1, 0.15) is 0 Å². The highest BCUT2D eigenvalue weighted by Gasteiger charge is 2.20. The third-order valence-electron chi connectivity index (χ3n) is 1.28. The second-order valence-corrected chi connectivity index (χ2v) is 3.88. The van der Waals surface area contributed by atoms with Crippen LogP contribution in [0.25, 0.3) is 0 Å². The van der Waals surface area contributed by atoms with Crippen molar-refractivity contribution >= 4 is 31.9 Å². The predicted molar refractivity (Wildman–Crippen MR) is 48.4 cm³/mol. The van der Waals surface area contributed by atoms with Gasteiger partial charge in [0.05, 0.1) is 8.95 Å². The fourth-order valence-electron chi connectivity index (χ4n) is 0.747. The molecule has 1 nitrogen and oxygen atoms in total. The molecule has 0 spiro atoms. The Labute approximate surface area is 93.3 Å². The summed E-state index contributed by atoms with van der Waals surface area (Å²) in [5.41, 5.74) is 0. The van der Waals surface area contributed by atoms with Crippen molar-refractivity contribution in [1.82, 2.24) is 0 Å². The molecule has 0 amide bonds. The van der Waals surface area contributed by atoms with Gasteiger partial charge in [-0.2, -0.15) is 13.2 Å². The van der Waals surface area contributed by atoms with Crippen LogP contribution in [0.3, 0.4) is 0 Å². The summed E-state index contributed by atoms with van der Waals surface area (Å²) in [7, 11) is 0. The molecule has 0 unspecified atom stereocenters. The van der Waals surface area contributed by atoms with Gasteiger partial charge in [0.15, 0.2) is 11.6 Å². The van der Waals surface area contributed by atoms with Crippen molar-refractivity contribution in [3.8, 4) is 5.75 Å². The molecular formula is C7H2Br2F4O. The average Bonchev–Trinajstić information content (AvgIpc) is 2.09. The summed E-state index contributed by atoms with van der Waals surface area (Å²) in [6, 6.07) is 1.08. The highest BCUT2D eigenvalue weighted by Crippen LogP contribution is 2.35. The maximum Gasteiger partial charge on any atom is 0.387 e. The number of benzene rings is 1. The molecule has 7 heteroatoms. The largest absolute Gasteiger partial charge is 0.430 e. The molecule has 0 saturated carbocycles. The second kappa shape index (κ2) is 4.48. The molecule has 1 aromatic carbocycles. The number of ether oxygens (including phenoxy) is 1. The lowest BCUT2D eigenvalue weighted by molar-refractivity contribution is -0.0530. The molecule has 0 N–H and O–H groups in total. The maximum absolute atomic E-state index is 13.0. The van der Waals surface area contributed by atoms with Crippen LogP contribution in [-0.2, 0) is 0 Å². The molecule has 0 radical (unpaired) electrons. The zero-order valence-corrected chi connectivity index (χ0v) is 9.50. The van der Waals surface area contributed by atoms with E-state index in [4.69, 9.17) is 0 Å². The normalized spacial score (nSPS) is 10.8. The van der Waals surface area contributed by atoms with Gasteiger partial charge in [-0.05, 0) is 37.9 Å². The molecular weight excluding hydrogens is 336 g/mol. The molecule has 0 aliphatic heterocycles. The zero-order chi connectivity index (χ0) is 10.9. The molecule has 1 aromatic rings. The summed E-state index contributed by atoms with van der Waals surface area (Å²) in [5, 5.41) is 0. The maximum atomic E-state index is 13.0. The van der Waals surface area contributed by atoms with Gasteiger partial charge >= 0.3 is 6.61 Å². The van der Waals surface area contributed by atoms with Crippen molar-refractivity contribution in [1.29, 1.82) is 0 Å². The average molecular weight is 338 g/mol. The Morgan fingerprint density at radius 1 is 1.07 bits per heavy atom. The van der Waals surface area contributed by atoms with Gasteiger partial charge in [-0.3, -0.25) is 0 Å². The smallest absolute Gasteiger partial charge is 0.387 e. The first-order valence-electron chi connectivity index (χ1n) is 3.21. The second-order valence-electron chi connectivity index (χ2n) is 2.18. The van der Waals surface area contributed by atoms with Crippen LogP contribution < -0.4 is 4.74 Å². The number of rotatable bonds is 2. The number of alkyl halides is 2. The van der Waals surface area contributed by atoms with Gasteiger partial charge in [0.2, 0.25) is 5.82 Å². The minimum Gasteiger partial charge on any atom is -0.430 e. The van der Waals surface area contributed by atoms with Crippen LogP contribution in [0.2, 0.25) is 0 Å². The molecule has 0 heterocycles. The van der Waals surface area contributed by atoms with Crippen molar-refractivity contribution in [2.24, 2.45) is 0 Å². The van der Waals surface area contributed by atoms with Crippen LogP contribution in [-0.4, -0.2) is 6.61 Å². The molecule has 14 heavy (non-hydrogen) atoms. The summed E-state index contributed by atoms with van der Waals surface area (Å²) in [4.78, 5) is 0. The Kier molecular flexibility index (Phi) is 3.77. The number of halogens is 6. The Balaban J connectivity index is 3.22. The van der Waals surface area contributed by atoms with E-state index >= 15 is 0 Å². The summed E-state index contributed by atoms with van der Waals surface area (Å²) in [6.07, 6.45) is 0. The molecule has 0 saturated heterocycles. The first-order valence-corrected chi connectivity index (χ1v) is 4.80. The molecule has 0 aromatic heterocycles. The lowest BCUT2D eigenvalue weighted by Gasteiger charge is -2.09.